The lowest BCUT2D eigenvalue weighted by Crippen LogP contribution is -2.44. The van der Waals surface area contributed by atoms with Crippen molar-refractivity contribution in [1.29, 1.82) is 0 Å². The molecule has 0 N–H and O–H groups in total. The quantitative estimate of drug-likeness (QED) is 0.851. The summed E-state index contributed by atoms with van der Waals surface area (Å²) >= 11 is 0. The van der Waals surface area contributed by atoms with Crippen molar-refractivity contribution >= 4 is 5.91 Å². The summed E-state index contributed by atoms with van der Waals surface area (Å²) in [5.41, 5.74) is -2.42. The molecule has 0 aromatic carbocycles. The minimum Gasteiger partial charge on any atom is -0.338 e. The molecule has 0 saturated heterocycles. The molecule has 1 heterocycles. The molecule has 0 atom stereocenters. The average molecular weight is 330 g/mol. The Kier molecular flexibility index (Phi) is 5.49. The summed E-state index contributed by atoms with van der Waals surface area (Å²) in [6.07, 6.45) is 1.60. The molecule has 4 nitrogen and oxygen atoms in total. The third kappa shape index (κ3) is 4.14. The van der Waals surface area contributed by atoms with Gasteiger partial charge in [-0.2, -0.15) is 13.2 Å². The Morgan fingerprint density at radius 1 is 1.30 bits per heavy atom. The van der Waals surface area contributed by atoms with Crippen LogP contribution in [0.15, 0.2) is 23.1 Å². The first-order valence-corrected chi connectivity index (χ1v) is 7.90. The zero-order chi connectivity index (χ0) is 17.0. The van der Waals surface area contributed by atoms with E-state index in [0.29, 0.717) is 6.54 Å². The van der Waals surface area contributed by atoms with Gasteiger partial charge in [-0.25, -0.2) is 0 Å². The van der Waals surface area contributed by atoms with Crippen LogP contribution in [0.25, 0.3) is 0 Å². The summed E-state index contributed by atoms with van der Waals surface area (Å²) in [7, 11) is 0. The molecule has 7 heteroatoms. The van der Waals surface area contributed by atoms with Crippen molar-refractivity contribution in [2.24, 2.45) is 0 Å². The smallest absolute Gasteiger partial charge is 0.338 e. The minimum absolute atomic E-state index is 0.128. The Morgan fingerprint density at radius 3 is 2.52 bits per heavy atom. The van der Waals surface area contributed by atoms with Gasteiger partial charge in [0.05, 0.1) is 0 Å². The molecule has 0 radical (unpaired) electrons. The van der Waals surface area contributed by atoms with E-state index in [1.807, 2.05) is 6.92 Å². The predicted octanol–water partition coefficient (Wildman–Crippen LogP) is 3.05. The average Bonchev–Trinajstić information content (AvgIpc) is 2.50. The fourth-order valence-corrected chi connectivity index (χ4v) is 3.14. The summed E-state index contributed by atoms with van der Waals surface area (Å²) in [6, 6.07) is 2.01. The molecule has 1 aliphatic carbocycles. The van der Waals surface area contributed by atoms with Gasteiger partial charge in [-0.05, 0) is 31.9 Å². The molecule has 2 rings (SSSR count). The van der Waals surface area contributed by atoms with Crippen LogP contribution in [0.3, 0.4) is 0 Å². The first-order valence-electron chi connectivity index (χ1n) is 7.90. The second kappa shape index (κ2) is 7.19. The number of pyridine rings is 1. The number of aromatic nitrogens is 1. The first kappa shape index (κ1) is 17.6. The number of halogens is 3. The second-order valence-corrected chi connectivity index (χ2v) is 5.82. The number of likely N-dealkylation sites (N-methyl/N-ethyl adjacent to an activating group) is 1. The molecule has 1 amide bonds. The van der Waals surface area contributed by atoms with E-state index >= 15 is 0 Å². The molecule has 0 spiro atoms. The van der Waals surface area contributed by atoms with Crippen LogP contribution in [0.1, 0.15) is 44.6 Å². The van der Waals surface area contributed by atoms with Crippen LogP contribution in [0.4, 0.5) is 13.2 Å². The molecule has 1 saturated carbocycles. The van der Waals surface area contributed by atoms with Crippen molar-refractivity contribution in [1.82, 2.24) is 9.47 Å². The SMILES string of the molecule is CCN(C(=O)Cn1cccc(C(F)(F)F)c1=O)C1CCCCC1. The molecule has 0 unspecified atom stereocenters. The van der Waals surface area contributed by atoms with E-state index in [2.05, 4.69) is 0 Å². The third-order valence-corrected chi connectivity index (χ3v) is 4.31. The van der Waals surface area contributed by atoms with E-state index in [9.17, 15) is 22.8 Å². The number of nitrogens with zero attached hydrogens (tertiary/aromatic N) is 2. The summed E-state index contributed by atoms with van der Waals surface area (Å²) in [4.78, 5) is 26.0. The van der Waals surface area contributed by atoms with Crippen LogP contribution in [-0.4, -0.2) is 28.0 Å². The highest BCUT2D eigenvalue weighted by Crippen LogP contribution is 2.26. The van der Waals surface area contributed by atoms with Gasteiger partial charge in [0.15, 0.2) is 0 Å². The number of carbonyl (C=O) groups is 1. The number of hydrogen-bond donors (Lipinski definition) is 0. The van der Waals surface area contributed by atoms with Crippen LogP contribution in [0, 0.1) is 0 Å². The van der Waals surface area contributed by atoms with Crippen molar-refractivity contribution in [3.05, 3.63) is 34.2 Å². The lowest BCUT2D eigenvalue weighted by Gasteiger charge is -2.33. The summed E-state index contributed by atoms with van der Waals surface area (Å²) in [5, 5.41) is 0. The zero-order valence-electron chi connectivity index (χ0n) is 13.1. The highest BCUT2D eigenvalue weighted by molar-refractivity contribution is 5.76. The topological polar surface area (TPSA) is 42.3 Å². The van der Waals surface area contributed by atoms with Gasteiger partial charge in [-0.1, -0.05) is 19.3 Å². The van der Waals surface area contributed by atoms with Crippen molar-refractivity contribution in [2.75, 3.05) is 6.54 Å². The van der Waals surface area contributed by atoms with Gasteiger partial charge in [-0.3, -0.25) is 9.59 Å². The number of carbonyl (C=O) groups excluding carboxylic acids is 1. The normalized spacial score (nSPS) is 16.3. The van der Waals surface area contributed by atoms with Gasteiger partial charge in [0, 0.05) is 18.8 Å². The molecule has 128 valence electrons. The van der Waals surface area contributed by atoms with E-state index in [4.69, 9.17) is 0 Å². The van der Waals surface area contributed by atoms with Gasteiger partial charge in [-0.15, -0.1) is 0 Å². The Bertz CT molecular complexity index is 604. The van der Waals surface area contributed by atoms with Gasteiger partial charge >= 0.3 is 6.18 Å². The summed E-state index contributed by atoms with van der Waals surface area (Å²) in [6.45, 7) is 1.99. The monoisotopic (exact) mass is 330 g/mol. The van der Waals surface area contributed by atoms with Crippen molar-refractivity contribution in [2.45, 2.75) is 57.8 Å². The minimum atomic E-state index is -4.71. The molecule has 1 aromatic rings. The fraction of sp³-hybridized carbons (Fsp3) is 0.625. The zero-order valence-corrected chi connectivity index (χ0v) is 13.1. The Hall–Kier alpha value is -1.79. The standard InChI is InChI=1S/C16H21F3N2O2/c1-2-21(12-7-4-3-5-8-12)14(22)11-20-10-6-9-13(15(20)23)16(17,18)19/h6,9-10,12H,2-5,7-8,11H2,1H3. The van der Waals surface area contributed by atoms with Crippen molar-refractivity contribution in [3.63, 3.8) is 0 Å². The maximum absolute atomic E-state index is 12.8. The molecule has 1 fully saturated rings. The summed E-state index contributed by atoms with van der Waals surface area (Å²) in [5.74, 6) is -0.305. The Labute approximate surface area is 132 Å². The first-order chi connectivity index (χ1) is 10.8. The maximum Gasteiger partial charge on any atom is 0.421 e. The number of amides is 1. The molecule has 0 aliphatic heterocycles. The van der Waals surface area contributed by atoms with Crippen LogP contribution in [0.2, 0.25) is 0 Å². The number of hydrogen-bond acceptors (Lipinski definition) is 2. The molecule has 1 aliphatic rings. The van der Waals surface area contributed by atoms with Gasteiger partial charge in [0.2, 0.25) is 5.91 Å². The number of rotatable bonds is 4. The lowest BCUT2D eigenvalue weighted by molar-refractivity contribution is -0.140. The van der Waals surface area contributed by atoms with Gasteiger partial charge < -0.3 is 9.47 Å². The molecule has 23 heavy (non-hydrogen) atoms. The van der Waals surface area contributed by atoms with Crippen LogP contribution in [0.5, 0.6) is 0 Å². The van der Waals surface area contributed by atoms with Gasteiger partial charge in [0.1, 0.15) is 12.1 Å². The second-order valence-electron chi connectivity index (χ2n) is 5.82. The van der Waals surface area contributed by atoms with Gasteiger partial charge in [0.25, 0.3) is 5.56 Å². The molecule has 1 aromatic heterocycles. The molecular formula is C16H21F3N2O2. The predicted molar refractivity (Wildman–Crippen MR) is 80.0 cm³/mol. The van der Waals surface area contributed by atoms with E-state index in [1.54, 1.807) is 4.90 Å². The van der Waals surface area contributed by atoms with E-state index in [-0.39, 0.29) is 18.5 Å². The van der Waals surface area contributed by atoms with Crippen molar-refractivity contribution in [3.8, 4) is 0 Å². The highest BCUT2D eigenvalue weighted by Gasteiger charge is 2.34. The van der Waals surface area contributed by atoms with Crippen LogP contribution < -0.4 is 5.56 Å². The fourth-order valence-electron chi connectivity index (χ4n) is 3.14. The van der Waals surface area contributed by atoms with E-state index < -0.39 is 17.3 Å². The van der Waals surface area contributed by atoms with E-state index in [1.165, 1.54) is 6.20 Å². The largest absolute Gasteiger partial charge is 0.421 e. The maximum atomic E-state index is 12.8. The van der Waals surface area contributed by atoms with Crippen molar-refractivity contribution < 1.29 is 18.0 Å². The van der Waals surface area contributed by atoms with Crippen LogP contribution in [-0.2, 0) is 17.5 Å². The van der Waals surface area contributed by atoms with Crippen LogP contribution >= 0.6 is 0 Å². The van der Waals surface area contributed by atoms with E-state index in [0.717, 1.165) is 48.8 Å². The molecule has 0 bridgehead atoms. The highest BCUT2D eigenvalue weighted by atomic mass is 19.4. The number of alkyl halides is 3. The Balaban J connectivity index is 2.17. The lowest BCUT2D eigenvalue weighted by atomic mass is 9.94. The Morgan fingerprint density at radius 2 is 1.96 bits per heavy atom. The molecular weight excluding hydrogens is 309 g/mol. The summed E-state index contributed by atoms with van der Waals surface area (Å²) < 4.78 is 39.2. The third-order valence-electron chi connectivity index (χ3n) is 4.31.